The highest BCUT2D eigenvalue weighted by Gasteiger charge is 2.32. The average Bonchev–Trinajstić information content (AvgIpc) is 3.14. The molecule has 0 saturated carbocycles. The Morgan fingerprint density at radius 1 is 1.10 bits per heavy atom. The summed E-state index contributed by atoms with van der Waals surface area (Å²) in [5.74, 6) is 0.541. The Morgan fingerprint density at radius 3 is 2.57 bits per heavy atom. The van der Waals surface area contributed by atoms with Crippen LogP contribution in [0.15, 0.2) is 60.2 Å². The van der Waals surface area contributed by atoms with Gasteiger partial charge in [0, 0.05) is 23.7 Å². The standard InChI is InChI=1S/C24H25ClN2O2S/c25-21-12-6-18(7-13-21)15-27-22(28)16-30-24(27)20-10-8-19(9-11-20)23(29)26-14-17-4-2-1-3-5-17/h4,6-13,24H,1-3,5,14-16H2,(H,26,29). The van der Waals surface area contributed by atoms with Gasteiger partial charge in [0.1, 0.15) is 5.37 Å². The van der Waals surface area contributed by atoms with Crippen molar-refractivity contribution in [3.63, 3.8) is 0 Å². The molecule has 2 aliphatic rings. The third kappa shape index (κ3) is 5.08. The number of halogens is 1. The summed E-state index contributed by atoms with van der Waals surface area (Å²) in [7, 11) is 0. The molecule has 156 valence electrons. The molecule has 1 aliphatic carbocycles. The quantitative estimate of drug-likeness (QED) is 0.616. The molecule has 4 nitrogen and oxygen atoms in total. The molecule has 2 aromatic rings. The minimum atomic E-state index is -0.0544. The summed E-state index contributed by atoms with van der Waals surface area (Å²) in [6.45, 7) is 1.17. The molecule has 30 heavy (non-hydrogen) atoms. The number of benzene rings is 2. The molecular formula is C24H25ClN2O2S. The Kier molecular flexibility index (Phi) is 6.80. The van der Waals surface area contributed by atoms with Crippen LogP contribution in [-0.4, -0.2) is 29.0 Å². The molecular weight excluding hydrogens is 416 g/mol. The lowest BCUT2D eigenvalue weighted by atomic mass is 9.99. The van der Waals surface area contributed by atoms with Crippen LogP contribution in [0.1, 0.15) is 52.5 Å². The fraction of sp³-hybridized carbons (Fsp3) is 0.333. The highest BCUT2D eigenvalue weighted by Crippen LogP contribution is 2.39. The van der Waals surface area contributed by atoms with Gasteiger partial charge in [-0.1, -0.05) is 47.5 Å². The van der Waals surface area contributed by atoms with Crippen molar-refractivity contribution in [2.75, 3.05) is 12.3 Å². The Morgan fingerprint density at radius 2 is 1.87 bits per heavy atom. The van der Waals surface area contributed by atoms with Crippen molar-refractivity contribution in [3.8, 4) is 0 Å². The lowest BCUT2D eigenvalue weighted by Crippen LogP contribution is -2.28. The highest BCUT2D eigenvalue weighted by atomic mass is 35.5. The number of allylic oxidation sites excluding steroid dienone is 1. The van der Waals surface area contributed by atoms with Crippen molar-refractivity contribution in [3.05, 3.63) is 81.9 Å². The van der Waals surface area contributed by atoms with Gasteiger partial charge in [-0.2, -0.15) is 0 Å². The van der Waals surface area contributed by atoms with Crippen LogP contribution >= 0.6 is 23.4 Å². The van der Waals surface area contributed by atoms with Gasteiger partial charge in [0.05, 0.1) is 5.75 Å². The zero-order chi connectivity index (χ0) is 20.9. The molecule has 0 radical (unpaired) electrons. The molecule has 2 amide bonds. The fourth-order valence-electron chi connectivity index (χ4n) is 3.85. The second kappa shape index (κ2) is 9.71. The van der Waals surface area contributed by atoms with E-state index in [2.05, 4.69) is 11.4 Å². The van der Waals surface area contributed by atoms with Crippen molar-refractivity contribution in [1.82, 2.24) is 10.2 Å². The smallest absolute Gasteiger partial charge is 0.251 e. The molecule has 1 saturated heterocycles. The molecule has 1 heterocycles. The zero-order valence-electron chi connectivity index (χ0n) is 16.8. The summed E-state index contributed by atoms with van der Waals surface area (Å²) < 4.78 is 0. The third-order valence-electron chi connectivity index (χ3n) is 5.55. The van der Waals surface area contributed by atoms with Gasteiger partial charge in [0.15, 0.2) is 0 Å². The lowest BCUT2D eigenvalue weighted by molar-refractivity contribution is -0.128. The van der Waals surface area contributed by atoms with Gasteiger partial charge in [-0.05, 0) is 61.1 Å². The van der Waals surface area contributed by atoms with Crippen LogP contribution in [0.5, 0.6) is 0 Å². The van der Waals surface area contributed by atoms with E-state index in [0.717, 1.165) is 24.0 Å². The van der Waals surface area contributed by atoms with Gasteiger partial charge in [0.2, 0.25) is 5.91 Å². The van der Waals surface area contributed by atoms with E-state index in [1.54, 1.807) is 11.8 Å². The largest absolute Gasteiger partial charge is 0.348 e. The normalized spacial score (nSPS) is 19.0. The van der Waals surface area contributed by atoms with E-state index < -0.39 is 0 Å². The lowest BCUT2D eigenvalue weighted by Gasteiger charge is -2.24. The van der Waals surface area contributed by atoms with Crippen molar-refractivity contribution >= 4 is 35.2 Å². The molecule has 1 fully saturated rings. The Bertz CT molecular complexity index is 941. The van der Waals surface area contributed by atoms with Crippen LogP contribution in [0, 0.1) is 0 Å². The maximum absolute atomic E-state index is 12.5. The number of rotatable bonds is 6. The van der Waals surface area contributed by atoms with Crippen LogP contribution in [0.4, 0.5) is 0 Å². The first-order valence-electron chi connectivity index (χ1n) is 10.3. The molecule has 2 aromatic carbocycles. The number of nitrogens with zero attached hydrogens (tertiary/aromatic N) is 1. The van der Waals surface area contributed by atoms with E-state index in [0.29, 0.717) is 29.4 Å². The van der Waals surface area contributed by atoms with Crippen molar-refractivity contribution in [1.29, 1.82) is 0 Å². The molecule has 1 atom stereocenters. The summed E-state index contributed by atoms with van der Waals surface area (Å²) in [6.07, 6.45) is 6.90. The van der Waals surface area contributed by atoms with Crippen LogP contribution < -0.4 is 5.32 Å². The second-order valence-corrected chi connectivity index (χ2v) is 9.23. The predicted molar refractivity (Wildman–Crippen MR) is 123 cm³/mol. The van der Waals surface area contributed by atoms with E-state index >= 15 is 0 Å². The number of amides is 2. The number of nitrogens with one attached hydrogen (secondary N) is 1. The van der Waals surface area contributed by atoms with Gasteiger partial charge in [-0.15, -0.1) is 11.8 Å². The Hall–Kier alpha value is -2.24. The molecule has 4 rings (SSSR count). The summed E-state index contributed by atoms with van der Waals surface area (Å²) in [4.78, 5) is 26.8. The maximum atomic E-state index is 12.5. The van der Waals surface area contributed by atoms with Crippen LogP contribution in [0.3, 0.4) is 0 Å². The van der Waals surface area contributed by atoms with E-state index in [9.17, 15) is 9.59 Å². The zero-order valence-corrected chi connectivity index (χ0v) is 18.3. The number of thioether (sulfide) groups is 1. The molecule has 6 heteroatoms. The average molecular weight is 441 g/mol. The maximum Gasteiger partial charge on any atom is 0.251 e. The second-order valence-electron chi connectivity index (χ2n) is 7.72. The monoisotopic (exact) mass is 440 g/mol. The number of carbonyl (C=O) groups is 2. The van der Waals surface area contributed by atoms with Gasteiger partial charge in [0.25, 0.3) is 5.91 Å². The topological polar surface area (TPSA) is 49.4 Å². The van der Waals surface area contributed by atoms with Crippen molar-refractivity contribution < 1.29 is 9.59 Å². The van der Waals surface area contributed by atoms with E-state index in [-0.39, 0.29) is 17.2 Å². The molecule has 1 unspecified atom stereocenters. The summed E-state index contributed by atoms with van der Waals surface area (Å²) in [5.41, 5.74) is 4.05. The predicted octanol–water partition coefficient (Wildman–Crippen LogP) is 5.34. The van der Waals surface area contributed by atoms with E-state index in [4.69, 9.17) is 11.6 Å². The van der Waals surface area contributed by atoms with Crippen molar-refractivity contribution in [2.24, 2.45) is 0 Å². The van der Waals surface area contributed by atoms with Crippen LogP contribution in [0.25, 0.3) is 0 Å². The first-order chi connectivity index (χ1) is 14.6. The number of hydrogen-bond acceptors (Lipinski definition) is 3. The summed E-state index contributed by atoms with van der Waals surface area (Å²) in [5, 5.41) is 3.67. The number of hydrogen-bond donors (Lipinski definition) is 1. The minimum Gasteiger partial charge on any atom is -0.348 e. The molecule has 0 aromatic heterocycles. The van der Waals surface area contributed by atoms with Gasteiger partial charge in [-0.3, -0.25) is 9.59 Å². The molecule has 1 aliphatic heterocycles. The SMILES string of the molecule is O=C(NCC1=CCCCC1)c1ccc(C2SCC(=O)N2Cc2ccc(Cl)cc2)cc1. The first-order valence-corrected chi connectivity index (χ1v) is 11.7. The minimum absolute atomic E-state index is 0.0438. The fourth-order valence-corrected chi connectivity index (χ4v) is 5.16. The van der Waals surface area contributed by atoms with Crippen LogP contribution in [0.2, 0.25) is 5.02 Å². The summed E-state index contributed by atoms with van der Waals surface area (Å²) >= 11 is 7.59. The van der Waals surface area contributed by atoms with Gasteiger partial charge in [-0.25, -0.2) is 0 Å². The van der Waals surface area contributed by atoms with E-state index in [1.807, 2.05) is 53.4 Å². The molecule has 0 bridgehead atoms. The van der Waals surface area contributed by atoms with Gasteiger partial charge < -0.3 is 10.2 Å². The van der Waals surface area contributed by atoms with Crippen LogP contribution in [-0.2, 0) is 11.3 Å². The van der Waals surface area contributed by atoms with Crippen molar-refractivity contribution in [2.45, 2.75) is 37.6 Å². The Balaban J connectivity index is 1.40. The third-order valence-corrected chi connectivity index (χ3v) is 7.06. The number of carbonyl (C=O) groups excluding carboxylic acids is 2. The summed E-state index contributed by atoms with van der Waals surface area (Å²) in [6, 6.07) is 15.2. The highest BCUT2D eigenvalue weighted by molar-refractivity contribution is 8.00. The van der Waals surface area contributed by atoms with Gasteiger partial charge >= 0.3 is 0 Å². The Labute approximate surface area is 186 Å². The first kappa shape index (κ1) is 21.0. The molecule has 1 N–H and O–H groups in total. The van der Waals surface area contributed by atoms with E-state index in [1.165, 1.54) is 18.4 Å². The molecule has 0 spiro atoms.